The van der Waals surface area contributed by atoms with E-state index >= 15 is 0 Å². The van der Waals surface area contributed by atoms with Crippen LogP contribution in [0.4, 0.5) is 0 Å². The SMILES string of the molecule is CCOC1CC(C=C(C(=O)OC)C(=O)OC)(c2ccccc2)OO1. The fraction of sp³-hybridized carbons (Fsp3) is 0.412. The van der Waals surface area contributed by atoms with Crippen molar-refractivity contribution in [3.05, 3.63) is 47.5 Å². The van der Waals surface area contributed by atoms with Crippen molar-refractivity contribution in [3.63, 3.8) is 0 Å². The molecule has 24 heavy (non-hydrogen) atoms. The van der Waals surface area contributed by atoms with E-state index in [1.165, 1.54) is 20.3 Å². The molecule has 0 saturated carbocycles. The van der Waals surface area contributed by atoms with Crippen LogP contribution < -0.4 is 0 Å². The van der Waals surface area contributed by atoms with Crippen molar-refractivity contribution in [1.29, 1.82) is 0 Å². The molecule has 1 aromatic rings. The molecule has 1 fully saturated rings. The van der Waals surface area contributed by atoms with Crippen LogP contribution in [0.1, 0.15) is 18.9 Å². The van der Waals surface area contributed by atoms with Gasteiger partial charge in [-0.15, -0.1) is 0 Å². The number of methoxy groups -OCH3 is 2. The minimum Gasteiger partial charge on any atom is -0.465 e. The zero-order chi connectivity index (χ0) is 17.6. The van der Waals surface area contributed by atoms with Gasteiger partial charge in [-0.2, -0.15) is 0 Å². The number of carbonyl (C=O) groups excluding carboxylic acids is 2. The number of hydrogen-bond acceptors (Lipinski definition) is 7. The third-order valence-electron chi connectivity index (χ3n) is 3.58. The van der Waals surface area contributed by atoms with Crippen LogP contribution in [0.25, 0.3) is 0 Å². The largest absolute Gasteiger partial charge is 0.465 e. The minimum atomic E-state index is -1.17. The van der Waals surface area contributed by atoms with E-state index in [1.807, 2.05) is 25.1 Å². The van der Waals surface area contributed by atoms with Gasteiger partial charge in [0.25, 0.3) is 0 Å². The quantitative estimate of drug-likeness (QED) is 0.258. The van der Waals surface area contributed by atoms with Crippen molar-refractivity contribution in [3.8, 4) is 0 Å². The number of carbonyl (C=O) groups is 2. The maximum absolute atomic E-state index is 12.0. The first kappa shape index (κ1) is 18.1. The Bertz CT molecular complexity index is 593. The van der Waals surface area contributed by atoms with Gasteiger partial charge in [-0.3, -0.25) is 0 Å². The Kier molecular flexibility index (Phi) is 6.08. The molecule has 0 radical (unpaired) electrons. The summed E-state index contributed by atoms with van der Waals surface area (Å²) in [5, 5.41) is 0. The molecule has 1 aromatic carbocycles. The molecule has 0 spiro atoms. The zero-order valence-electron chi connectivity index (χ0n) is 13.8. The smallest absolute Gasteiger partial charge is 0.345 e. The molecule has 1 aliphatic rings. The molecule has 0 bridgehead atoms. The Morgan fingerprint density at radius 3 is 2.38 bits per heavy atom. The average Bonchev–Trinajstić information content (AvgIpc) is 3.03. The van der Waals surface area contributed by atoms with E-state index < -0.39 is 23.8 Å². The minimum absolute atomic E-state index is 0.266. The van der Waals surface area contributed by atoms with Gasteiger partial charge in [-0.25, -0.2) is 19.4 Å². The maximum Gasteiger partial charge on any atom is 0.345 e. The normalized spacial score (nSPS) is 22.7. The molecule has 1 aliphatic heterocycles. The lowest BCUT2D eigenvalue weighted by molar-refractivity contribution is -0.357. The van der Waals surface area contributed by atoms with Gasteiger partial charge in [0.05, 0.1) is 14.2 Å². The van der Waals surface area contributed by atoms with Crippen LogP contribution in [0.5, 0.6) is 0 Å². The predicted molar refractivity (Wildman–Crippen MR) is 82.4 cm³/mol. The Morgan fingerprint density at radius 1 is 1.21 bits per heavy atom. The second-order valence-corrected chi connectivity index (χ2v) is 5.07. The van der Waals surface area contributed by atoms with Crippen LogP contribution in [0, 0.1) is 0 Å². The van der Waals surface area contributed by atoms with E-state index in [0.29, 0.717) is 12.2 Å². The summed E-state index contributed by atoms with van der Waals surface area (Å²) in [7, 11) is 2.37. The number of hydrogen-bond donors (Lipinski definition) is 0. The van der Waals surface area contributed by atoms with Gasteiger partial charge in [-0.05, 0) is 18.6 Å². The van der Waals surface area contributed by atoms with Crippen molar-refractivity contribution in [2.45, 2.75) is 25.2 Å². The van der Waals surface area contributed by atoms with Gasteiger partial charge in [-0.1, -0.05) is 30.3 Å². The van der Waals surface area contributed by atoms with Crippen LogP contribution in [-0.2, 0) is 39.2 Å². The van der Waals surface area contributed by atoms with Gasteiger partial charge in [0.1, 0.15) is 5.57 Å². The van der Waals surface area contributed by atoms with Crippen molar-refractivity contribution >= 4 is 11.9 Å². The second-order valence-electron chi connectivity index (χ2n) is 5.07. The van der Waals surface area contributed by atoms with Crippen LogP contribution in [0.15, 0.2) is 42.0 Å². The first-order chi connectivity index (χ1) is 11.6. The highest BCUT2D eigenvalue weighted by Crippen LogP contribution is 2.40. The Morgan fingerprint density at radius 2 is 1.83 bits per heavy atom. The van der Waals surface area contributed by atoms with Crippen molar-refractivity contribution in [2.75, 3.05) is 20.8 Å². The third-order valence-corrected chi connectivity index (χ3v) is 3.58. The van der Waals surface area contributed by atoms with Gasteiger partial charge in [0.2, 0.25) is 0 Å². The lowest BCUT2D eigenvalue weighted by atomic mass is 9.88. The molecule has 2 unspecified atom stereocenters. The summed E-state index contributed by atoms with van der Waals surface area (Å²) in [6.45, 7) is 2.26. The highest BCUT2D eigenvalue weighted by Gasteiger charge is 2.45. The van der Waals surface area contributed by atoms with E-state index in [4.69, 9.17) is 14.5 Å². The maximum atomic E-state index is 12.0. The topological polar surface area (TPSA) is 80.3 Å². The summed E-state index contributed by atoms with van der Waals surface area (Å²) in [4.78, 5) is 34.6. The van der Waals surface area contributed by atoms with Gasteiger partial charge in [0, 0.05) is 13.0 Å². The molecular weight excluding hydrogens is 316 g/mol. The second kappa shape index (κ2) is 8.05. The number of rotatable bonds is 6. The number of esters is 2. The first-order valence-electron chi connectivity index (χ1n) is 7.47. The lowest BCUT2D eigenvalue weighted by Crippen LogP contribution is -2.27. The molecule has 2 rings (SSSR count). The van der Waals surface area contributed by atoms with Crippen LogP contribution in [0.3, 0.4) is 0 Å². The molecule has 7 heteroatoms. The van der Waals surface area contributed by atoms with Gasteiger partial charge < -0.3 is 14.2 Å². The lowest BCUT2D eigenvalue weighted by Gasteiger charge is -2.23. The third kappa shape index (κ3) is 3.81. The Balaban J connectivity index is 2.48. The van der Waals surface area contributed by atoms with Crippen molar-refractivity contribution < 1.29 is 33.6 Å². The molecule has 2 atom stereocenters. The summed E-state index contributed by atoms with van der Waals surface area (Å²) in [6, 6.07) is 9.09. The molecule has 130 valence electrons. The summed E-state index contributed by atoms with van der Waals surface area (Å²) in [6.07, 6.45) is 1.00. The fourth-order valence-corrected chi connectivity index (χ4v) is 2.43. The monoisotopic (exact) mass is 336 g/mol. The van der Waals surface area contributed by atoms with E-state index in [2.05, 4.69) is 9.47 Å². The van der Waals surface area contributed by atoms with E-state index in [9.17, 15) is 9.59 Å². The first-order valence-corrected chi connectivity index (χ1v) is 7.47. The molecule has 0 aromatic heterocycles. The summed E-state index contributed by atoms with van der Waals surface area (Å²) < 4.78 is 14.8. The number of ether oxygens (including phenoxy) is 3. The van der Waals surface area contributed by atoms with Gasteiger partial charge >= 0.3 is 11.9 Å². The Hall–Kier alpha value is -2.22. The molecular formula is C17H20O7. The summed E-state index contributed by atoms with van der Waals surface area (Å²) in [5.74, 6) is -1.64. The van der Waals surface area contributed by atoms with E-state index in [1.54, 1.807) is 12.1 Å². The van der Waals surface area contributed by atoms with Crippen LogP contribution in [-0.4, -0.2) is 39.1 Å². The molecule has 0 aliphatic carbocycles. The van der Waals surface area contributed by atoms with Crippen LogP contribution >= 0.6 is 0 Å². The van der Waals surface area contributed by atoms with Crippen LogP contribution in [0.2, 0.25) is 0 Å². The standard InChI is InChI=1S/C17H20O7/c1-4-22-14-11-17(24-23-14,12-8-6-5-7-9-12)10-13(15(18)20-2)16(19)21-3/h5-10,14H,4,11H2,1-3H3. The molecule has 0 amide bonds. The molecule has 1 heterocycles. The van der Waals surface area contributed by atoms with Gasteiger partial charge in [0.15, 0.2) is 11.9 Å². The van der Waals surface area contributed by atoms with E-state index in [0.717, 1.165) is 0 Å². The predicted octanol–water partition coefficient (Wildman–Crippen LogP) is 1.87. The Labute approximate surface area is 140 Å². The van der Waals surface area contributed by atoms with E-state index in [-0.39, 0.29) is 12.0 Å². The summed E-state index contributed by atoms with van der Waals surface area (Å²) >= 11 is 0. The van der Waals surface area contributed by atoms with Crippen molar-refractivity contribution in [1.82, 2.24) is 0 Å². The van der Waals surface area contributed by atoms with Crippen molar-refractivity contribution in [2.24, 2.45) is 0 Å². The molecule has 1 saturated heterocycles. The fourth-order valence-electron chi connectivity index (χ4n) is 2.43. The number of benzene rings is 1. The molecule has 0 N–H and O–H groups in total. The highest BCUT2D eigenvalue weighted by molar-refractivity contribution is 6.14. The zero-order valence-corrected chi connectivity index (χ0v) is 13.8. The highest BCUT2D eigenvalue weighted by atomic mass is 17.2. The average molecular weight is 336 g/mol. The molecule has 7 nitrogen and oxygen atoms in total. The summed E-state index contributed by atoms with van der Waals surface area (Å²) in [5.41, 5.74) is -0.735.